The fourth-order valence-electron chi connectivity index (χ4n) is 4.02. The van der Waals surface area contributed by atoms with E-state index in [2.05, 4.69) is 22.9 Å². The topological polar surface area (TPSA) is 96.5 Å². The maximum Gasteiger partial charge on any atom is 0.272 e. The number of nitrogens with one attached hydrogen (secondary N) is 3. The molecule has 0 aromatic heterocycles. The standard InChI is InChI=1S/C35H33ClFN3O4S/c1-3-4-21-44-27-17-13-25(14-18-27)38-33(41)23(2)45-28-19-15-26(16-20-28)39-35(43)32(22-29-30(36)11-8-12-31(29)37)40-34(42)24-9-6-5-7-10-24/h5-20,22-23H,3-4,21H2,1-2H3,(H,38,41)(H,39,43)(H,40,42)/b32-22-. The van der Waals surface area contributed by atoms with Crippen LogP contribution in [-0.2, 0) is 9.59 Å². The van der Waals surface area contributed by atoms with Crippen LogP contribution >= 0.6 is 23.4 Å². The third-order valence-electron chi connectivity index (χ3n) is 6.50. The van der Waals surface area contributed by atoms with Crippen LogP contribution in [0.25, 0.3) is 6.08 Å². The van der Waals surface area contributed by atoms with Crippen LogP contribution in [0.2, 0.25) is 5.02 Å². The SMILES string of the molecule is CCCCOc1ccc(NC(=O)C(C)Sc2ccc(NC(=O)/C(=C/c3c(F)cccc3Cl)NC(=O)c3ccccc3)cc2)cc1. The number of carbonyl (C=O) groups excluding carboxylic acids is 3. The largest absolute Gasteiger partial charge is 0.494 e. The first kappa shape index (κ1) is 33.3. The lowest BCUT2D eigenvalue weighted by atomic mass is 10.1. The summed E-state index contributed by atoms with van der Waals surface area (Å²) in [6.45, 7) is 4.56. The van der Waals surface area contributed by atoms with Crippen LogP contribution < -0.4 is 20.7 Å². The van der Waals surface area contributed by atoms with Gasteiger partial charge in [-0.3, -0.25) is 14.4 Å². The van der Waals surface area contributed by atoms with Crippen LogP contribution in [0.5, 0.6) is 5.75 Å². The summed E-state index contributed by atoms with van der Waals surface area (Å²) in [4.78, 5) is 39.7. The number of ether oxygens (including phenoxy) is 1. The zero-order chi connectivity index (χ0) is 32.2. The van der Waals surface area contributed by atoms with Gasteiger partial charge < -0.3 is 20.7 Å². The summed E-state index contributed by atoms with van der Waals surface area (Å²) in [7, 11) is 0. The molecular formula is C35H33ClFN3O4S. The molecule has 1 unspecified atom stereocenters. The highest BCUT2D eigenvalue weighted by Crippen LogP contribution is 2.27. The van der Waals surface area contributed by atoms with Gasteiger partial charge in [-0.2, -0.15) is 0 Å². The van der Waals surface area contributed by atoms with Crippen molar-refractivity contribution in [2.45, 2.75) is 36.8 Å². The molecule has 4 aromatic rings. The Morgan fingerprint density at radius 3 is 2.22 bits per heavy atom. The zero-order valence-electron chi connectivity index (χ0n) is 24.8. The van der Waals surface area contributed by atoms with E-state index in [0.717, 1.165) is 23.5 Å². The molecule has 0 saturated heterocycles. The quantitative estimate of drug-likeness (QED) is 0.0774. The molecule has 3 N–H and O–H groups in total. The average molecular weight is 646 g/mol. The fraction of sp³-hybridized carbons (Fsp3) is 0.171. The number of halogens is 2. The maximum atomic E-state index is 14.5. The van der Waals surface area contributed by atoms with Crippen LogP contribution in [0.3, 0.4) is 0 Å². The molecule has 0 aliphatic carbocycles. The molecule has 0 fully saturated rings. The second-order valence-electron chi connectivity index (χ2n) is 9.97. The van der Waals surface area contributed by atoms with E-state index in [0.29, 0.717) is 23.5 Å². The van der Waals surface area contributed by atoms with Crippen LogP contribution in [0.4, 0.5) is 15.8 Å². The maximum absolute atomic E-state index is 14.5. The van der Waals surface area contributed by atoms with E-state index in [9.17, 15) is 18.8 Å². The molecule has 4 aromatic carbocycles. The summed E-state index contributed by atoms with van der Waals surface area (Å²) in [6, 6.07) is 26.6. The number of hydrogen-bond acceptors (Lipinski definition) is 5. The third-order valence-corrected chi connectivity index (χ3v) is 7.94. The van der Waals surface area contributed by atoms with Crippen molar-refractivity contribution in [3.8, 4) is 5.75 Å². The minimum atomic E-state index is -0.673. The lowest BCUT2D eigenvalue weighted by Crippen LogP contribution is -2.30. The summed E-state index contributed by atoms with van der Waals surface area (Å²) < 4.78 is 20.2. The highest BCUT2D eigenvalue weighted by molar-refractivity contribution is 8.00. The van der Waals surface area contributed by atoms with Crippen molar-refractivity contribution in [2.24, 2.45) is 0 Å². The van der Waals surface area contributed by atoms with Gasteiger partial charge in [-0.15, -0.1) is 11.8 Å². The number of rotatable bonds is 13. The normalized spacial score (nSPS) is 11.8. The number of amides is 3. The Kier molecular flexibility index (Phi) is 12.2. The van der Waals surface area contributed by atoms with Gasteiger partial charge in [-0.05, 0) is 92.2 Å². The molecule has 0 aliphatic rings. The Labute approximate surface area is 271 Å². The molecular weight excluding hydrogens is 613 g/mol. The lowest BCUT2D eigenvalue weighted by Gasteiger charge is -2.14. The Morgan fingerprint density at radius 1 is 0.889 bits per heavy atom. The lowest BCUT2D eigenvalue weighted by molar-refractivity contribution is -0.115. The van der Waals surface area contributed by atoms with Gasteiger partial charge in [-0.25, -0.2) is 4.39 Å². The van der Waals surface area contributed by atoms with E-state index in [4.69, 9.17) is 16.3 Å². The molecule has 0 spiro atoms. The van der Waals surface area contributed by atoms with E-state index in [1.165, 1.54) is 36.0 Å². The molecule has 1 atom stereocenters. The van der Waals surface area contributed by atoms with Gasteiger partial charge in [-0.1, -0.05) is 49.2 Å². The summed E-state index contributed by atoms with van der Waals surface area (Å²) in [5.74, 6) is -1.26. The monoisotopic (exact) mass is 645 g/mol. The first-order valence-electron chi connectivity index (χ1n) is 14.4. The predicted octanol–water partition coefficient (Wildman–Crippen LogP) is 8.19. The molecule has 0 radical (unpaired) electrons. The van der Waals surface area contributed by atoms with Gasteiger partial charge in [0, 0.05) is 27.4 Å². The van der Waals surface area contributed by atoms with Crippen molar-refractivity contribution in [1.82, 2.24) is 5.32 Å². The smallest absolute Gasteiger partial charge is 0.272 e. The van der Waals surface area contributed by atoms with E-state index < -0.39 is 22.9 Å². The Hall–Kier alpha value is -4.60. The first-order valence-corrected chi connectivity index (χ1v) is 15.6. The molecule has 0 saturated carbocycles. The predicted molar refractivity (Wildman–Crippen MR) is 179 cm³/mol. The molecule has 7 nitrogen and oxygen atoms in total. The van der Waals surface area contributed by atoms with Gasteiger partial charge >= 0.3 is 0 Å². The van der Waals surface area contributed by atoms with Gasteiger partial charge in [0.1, 0.15) is 17.3 Å². The molecule has 232 valence electrons. The van der Waals surface area contributed by atoms with Gasteiger partial charge in [0.25, 0.3) is 11.8 Å². The minimum absolute atomic E-state index is 0.0343. The van der Waals surface area contributed by atoms with E-state index in [-0.39, 0.29) is 22.2 Å². The van der Waals surface area contributed by atoms with Crippen molar-refractivity contribution < 1.29 is 23.5 Å². The number of benzene rings is 4. The van der Waals surface area contributed by atoms with Crippen LogP contribution in [0, 0.1) is 5.82 Å². The van der Waals surface area contributed by atoms with Gasteiger partial charge in [0.05, 0.1) is 16.9 Å². The molecule has 0 aliphatic heterocycles. The first-order chi connectivity index (χ1) is 21.7. The summed E-state index contributed by atoms with van der Waals surface area (Å²) in [5.41, 5.74) is 1.20. The summed E-state index contributed by atoms with van der Waals surface area (Å²) in [6.07, 6.45) is 3.24. The molecule has 45 heavy (non-hydrogen) atoms. The van der Waals surface area contributed by atoms with Crippen molar-refractivity contribution >= 4 is 58.5 Å². The second-order valence-corrected chi connectivity index (χ2v) is 11.8. The van der Waals surface area contributed by atoms with Crippen molar-refractivity contribution in [3.63, 3.8) is 0 Å². The number of unbranched alkanes of at least 4 members (excludes halogenated alkanes) is 1. The molecule has 0 heterocycles. The fourth-order valence-corrected chi connectivity index (χ4v) is 5.11. The minimum Gasteiger partial charge on any atom is -0.494 e. The number of carbonyl (C=O) groups is 3. The molecule has 4 rings (SSSR count). The average Bonchev–Trinajstić information content (AvgIpc) is 3.04. The van der Waals surface area contributed by atoms with E-state index in [1.54, 1.807) is 73.7 Å². The molecule has 3 amide bonds. The number of anilines is 2. The summed E-state index contributed by atoms with van der Waals surface area (Å²) >= 11 is 7.54. The van der Waals surface area contributed by atoms with E-state index >= 15 is 0 Å². The van der Waals surface area contributed by atoms with Crippen molar-refractivity contribution in [2.75, 3.05) is 17.2 Å². The summed E-state index contributed by atoms with van der Waals surface area (Å²) in [5, 5.41) is 7.89. The number of thioether (sulfide) groups is 1. The highest BCUT2D eigenvalue weighted by Gasteiger charge is 2.18. The Balaban J connectivity index is 1.39. The van der Waals surface area contributed by atoms with Crippen LogP contribution in [0.15, 0.2) is 108 Å². The molecule has 10 heteroatoms. The third kappa shape index (κ3) is 9.96. The Morgan fingerprint density at radius 2 is 1.56 bits per heavy atom. The van der Waals surface area contributed by atoms with Crippen LogP contribution in [0.1, 0.15) is 42.6 Å². The zero-order valence-corrected chi connectivity index (χ0v) is 26.4. The van der Waals surface area contributed by atoms with Crippen molar-refractivity contribution in [3.05, 3.63) is 125 Å². The van der Waals surface area contributed by atoms with E-state index in [1.807, 2.05) is 12.1 Å². The van der Waals surface area contributed by atoms with Gasteiger partial charge in [0.15, 0.2) is 0 Å². The molecule has 0 bridgehead atoms. The van der Waals surface area contributed by atoms with Crippen LogP contribution in [-0.4, -0.2) is 29.6 Å². The highest BCUT2D eigenvalue weighted by atomic mass is 35.5. The number of hydrogen-bond donors (Lipinski definition) is 3. The van der Waals surface area contributed by atoms with Gasteiger partial charge in [0.2, 0.25) is 5.91 Å². The Bertz CT molecular complexity index is 1630. The van der Waals surface area contributed by atoms with Crippen molar-refractivity contribution in [1.29, 1.82) is 0 Å². The second kappa shape index (κ2) is 16.5.